The number of carbonyl (C=O) groups excluding carboxylic acids is 1. The van der Waals surface area contributed by atoms with Crippen molar-refractivity contribution in [2.24, 2.45) is 0 Å². The summed E-state index contributed by atoms with van der Waals surface area (Å²) in [6.07, 6.45) is 1.49. The topological polar surface area (TPSA) is 68.0 Å². The fourth-order valence-corrected chi connectivity index (χ4v) is 2.71. The standard InChI is InChI=1S/C11H10IN3OS/c1-6-3-2-4-7(12)9(6)15-10(16)8-5-14-11(13)17-8/h2-5H,1H3,(H2,13,14)(H,15,16). The Morgan fingerprint density at radius 2 is 2.29 bits per heavy atom. The van der Waals surface area contributed by atoms with Crippen molar-refractivity contribution in [1.29, 1.82) is 0 Å². The van der Waals surface area contributed by atoms with Crippen LogP contribution in [-0.2, 0) is 0 Å². The van der Waals surface area contributed by atoms with Gasteiger partial charge < -0.3 is 11.1 Å². The van der Waals surface area contributed by atoms with E-state index in [4.69, 9.17) is 5.73 Å². The molecule has 1 aromatic carbocycles. The molecule has 0 saturated carbocycles. The van der Waals surface area contributed by atoms with E-state index in [1.165, 1.54) is 17.5 Å². The molecule has 0 fully saturated rings. The van der Waals surface area contributed by atoms with Crippen LogP contribution in [0.5, 0.6) is 0 Å². The van der Waals surface area contributed by atoms with Crippen LogP contribution < -0.4 is 11.1 Å². The van der Waals surface area contributed by atoms with Crippen LogP contribution in [0.15, 0.2) is 24.4 Å². The molecule has 0 atom stereocenters. The average molecular weight is 359 g/mol. The molecule has 0 bridgehead atoms. The van der Waals surface area contributed by atoms with Crippen LogP contribution in [0.3, 0.4) is 0 Å². The van der Waals surface area contributed by atoms with E-state index in [0.717, 1.165) is 14.8 Å². The lowest BCUT2D eigenvalue weighted by Gasteiger charge is -2.09. The van der Waals surface area contributed by atoms with Crippen molar-refractivity contribution in [3.8, 4) is 0 Å². The minimum Gasteiger partial charge on any atom is -0.375 e. The van der Waals surface area contributed by atoms with Crippen molar-refractivity contribution in [1.82, 2.24) is 4.98 Å². The van der Waals surface area contributed by atoms with E-state index in [1.807, 2.05) is 25.1 Å². The number of carbonyl (C=O) groups is 1. The monoisotopic (exact) mass is 359 g/mol. The fraction of sp³-hybridized carbons (Fsp3) is 0.0909. The quantitative estimate of drug-likeness (QED) is 0.811. The summed E-state index contributed by atoms with van der Waals surface area (Å²) in [5, 5.41) is 3.27. The van der Waals surface area contributed by atoms with Crippen molar-refractivity contribution in [3.05, 3.63) is 38.4 Å². The first-order chi connectivity index (χ1) is 8.08. The zero-order chi connectivity index (χ0) is 12.4. The molecular weight excluding hydrogens is 349 g/mol. The number of nitrogens with one attached hydrogen (secondary N) is 1. The summed E-state index contributed by atoms with van der Waals surface area (Å²) in [4.78, 5) is 16.3. The maximum Gasteiger partial charge on any atom is 0.267 e. The van der Waals surface area contributed by atoms with Gasteiger partial charge in [-0.15, -0.1) is 0 Å². The van der Waals surface area contributed by atoms with E-state index >= 15 is 0 Å². The molecule has 0 unspecified atom stereocenters. The molecule has 1 heterocycles. The number of anilines is 2. The molecular formula is C11H10IN3OS. The van der Waals surface area contributed by atoms with Crippen LogP contribution in [0, 0.1) is 10.5 Å². The third kappa shape index (κ3) is 2.75. The van der Waals surface area contributed by atoms with Crippen molar-refractivity contribution in [3.63, 3.8) is 0 Å². The Morgan fingerprint density at radius 1 is 1.53 bits per heavy atom. The number of aromatic nitrogens is 1. The van der Waals surface area contributed by atoms with Gasteiger partial charge in [-0.25, -0.2) is 4.98 Å². The number of amides is 1. The number of hydrogen-bond acceptors (Lipinski definition) is 4. The Kier molecular flexibility index (Phi) is 3.63. The van der Waals surface area contributed by atoms with Gasteiger partial charge >= 0.3 is 0 Å². The minimum atomic E-state index is -0.175. The molecule has 0 spiro atoms. The van der Waals surface area contributed by atoms with Crippen LogP contribution in [0.2, 0.25) is 0 Å². The molecule has 0 radical (unpaired) electrons. The van der Waals surface area contributed by atoms with Gasteiger partial charge in [-0.05, 0) is 41.1 Å². The van der Waals surface area contributed by atoms with E-state index < -0.39 is 0 Å². The largest absolute Gasteiger partial charge is 0.375 e. The van der Waals surface area contributed by atoms with E-state index in [9.17, 15) is 4.79 Å². The highest BCUT2D eigenvalue weighted by Crippen LogP contribution is 2.24. The lowest BCUT2D eigenvalue weighted by Crippen LogP contribution is -2.12. The Morgan fingerprint density at radius 3 is 2.88 bits per heavy atom. The smallest absolute Gasteiger partial charge is 0.267 e. The van der Waals surface area contributed by atoms with E-state index in [1.54, 1.807) is 0 Å². The lowest BCUT2D eigenvalue weighted by atomic mass is 10.2. The van der Waals surface area contributed by atoms with Crippen molar-refractivity contribution in [2.75, 3.05) is 11.1 Å². The maximum absolute atomic E-state index is 11.9. The normalized spacial score (nSPS) is 10.2. The van der Waals surface area contributed by atoms with Crippen LogP contribution >= 0.6 is 33.9 Å². The number of nitrogen functional groups attached to an aromatic ring is 1. The van der Waals surface area contributed by atoms with Gasteiger partial charge in [-0.1, -0.05) is 23.5 Å². The van der Waals surface area contributed by atoms with Gasteiger partial charge in [-0.2, -0.15) is 0 Å². The van der Waals surface area contributed by atoms with Gasteiger partial charge in [0.2, 0.25) is 0 Å². The summed E-state index contributed by atoms with van der Waals surface area (Å²) in [6.45, 7) is 1.96. The molecule has 2 rings (SSSR count). The van der Waals surface area contributed by atoms with Crippen LogP contribution in [-0.4, -0.2) is 10.9 Å². The summed E-state index contributed by atoms with van der Waals surface area (Å²) in [5.74, 6) is -0.175. The Labute approximate surface area is 116 Å². The molecule has 0 aliphatic carbocycles. The Bertz CT molecular complexity index is 547. The zero-order valence-corrected chi connectivity index (χ0v) is 12.0. The van der Waals surface area contributed by atoms with E-state index in [0.29, 0.717) is 10.0 Å². The van der Waals surface area contributed by atoms with Crippen molar-refractivity contribution < 1.29 is 4.79 Å². The Balaban J connectivity index is 2.24. The van der Waals surface area contributed by atoms with Gasteiger partial charge in [0.1, 0.15) is 4.88 Å². The van der Waals surface area contributed by atoms with Gasteiger partial charge in [0.05, 0.1) is 11.9 Å². The second-order valence-corrected chi connectivity index (χ2v) is 5.67. The summed E-state index contributed by atoms with van der Waals surface area (Å²) < 4.78 is 1.01. The number of halogens is 1. The number of nitrogens with zero attached hydrogens (tertiary/aromatic N) is 1. The highest BCUT2D eigenvalue weighted by molar-refractivity contribution is 14.1. The van der Waals surface area contributed by atoms with Crippen molar-refractivity contribution in [2.45, 2.75) is 6.92 Å². The number of para-hydroxylation sites is 1. The molecule has 1 amide bonds. The number of benzene rings is 1. The number of nitrogens with two attached hydrogens (primary N) is 1. The highest BCUT2D eigenvalue weighted by atomic mass is 127. The molecule has 17 heavy (non-hydrogen) atoms. The SMILES string of the molecule is Cc1cccc(I)c1NC(=O)c1cnc(N)s1. The van der Waals surface area contributed by atoms with Crippen molar-refractivity contribution >= 4 is 50.7 Å². The van der Waals surface area contributed by atoms with Crippen LogP contribution in [0.1, 0.15) is 15.2 Å². The molecule has 88 valence electrons. The number of thiazole rings is 1. The van der Waals surface area contributed by atoms with E-state index in [-0.39, 0.29) is 5.91 Å². The molecule has 0 saturated heterocycles. The minimum absolute atomic E-state index is 0.175. The van der Waals surface area contributed by atoms with Gasteiger partial charge in [-0.3, -0.25) is 4.79 Å². The third-order valence-corrected chi connectivity index (χ3v) is 3.93. The second-order valence-electron chi connectivity index (χ2n) is 3.45. The first kappa shape index (κ1) is 12.3. The number of aryl methyl sites for hydroxylation is 1. The van der Waals surface area contributed by atoms with Gasteiger partial charge in [0.15, 0.2) is 5.13 Å². The molecule has 4 nitrogen and oxygen atoms in total. The Hall–Kier alpha value is -1.15. The average Bonchev–Trinajstić information content (AvgIpc) is 2.70. The fourth-order valence-electron chi connectivity index (χ4n) is 1.36. The maximum atomic E-state index is 11.9. The predicted molar refractivity (Wildman–Crippen MR) is 78.4 cm³/mol. The first-order valence-corrected chi connectivity index (χ1v) is 6.75. The molecule has 2 aromatic rings. The summed E-state index contributed by atoms with van der Waals surface area (Å²) in [5.41, 5.74) is 7.36. The zero-order valence-electron chi connectivity index (χ0n) is 9.03. The van der Waals surface area contributed by atoms with Gasteiger partial charge in [0.25, 0.3) is 5.91 Å². The summed E-state index contributed by atoms with van der Waals surface area (Å²) in [7, 11) is 0. The third-order valence-electron chi connectivity index (χ3n) is 2.21. The number of rotatable bonds is 2. The first-order valence-electron chi connectivity index (χ1n) is 4.85. The predicted octanol–water partition coefficient (Wildman–Crippen LogP) is 2.89. The molecule has 3 N–H and O–H groups in total. The summed E-state index contributed by atoms with van der Waals surface area (Å²) >= 11 is 3.37. The van der Waals surface area contributed by atoms with E-state index in [2.05, 4.69) is 32.9 Å². The van der Waals surface area contributed by atoms with Crippen LogP contribution in [0.25, 0.3) is 0 Å². The lowest BCUT2D eigenvalue weighted by molar-refractivity contribution is 0.103. The molecule has 6 heteroatoms. The molecule has 0 aliphatic rings. The van der Waals surface area contributed by atoms with Gasteiger partial charge in [0, 0.05) is 3.57 Å². The summed E-state index contributed by atoms with van der Waals surface area (Å²) in [6, 6.07) is 5.86. The highest BCUT2D eigenvalue weighted by Gasteiger charge is 2.12. The number of hydrogen-bond donors (Lipinski definition) is 2. The second kappa shape index (κ2) is 5.01. The molecule has 0 aliphatic heterocycles. The van der Waals surface area contributed by atoms with Crippen LogP contribution in [0.4, 0.5) is 10.8 Å². The molecule has 1 aromatic heterocycles.